The summed E-state index contributed by atoms with van der Waals surface area (Å²) in [5.41, 5.74) is 2.39. The number of halogens is 1. The molecular weight excluding hydrogens is 343 g/mol. The van der Waals surface area contributed by atoms with Crippen molar-refractivity contribution in [3.05, 3.63) is 71.0 Å². The summed E-state index contributed by atoms with van der Waals surface area (Å²) in [6.45, 7) is 6.33. The van der Waals surface area contributed by atoms with Crippen molar-refractivity contribution in [3.63, 3.8) is 0 Å². The van der Waals surface area contributed by atoms with Crippen molar-refractivity contribution in [3.8, 4) is 0 Å². The minimum absolute atomic E-state index is 0.201. The first-order chi connectivity index (χ1) is 12.9. The highest BCUT2D eigenvalue weighted by Gasteiger charge is 2.22. The lowest BCUT2D eigenvalue weighted by Crippen LogP contribution is -2.48. The van der Waals surface area contributed by atoms with Gasteiger partial charge < -0.3 is 10.6 Å². The van der Waals surface area contributed by atoms with E-state index in [4.69, 9.17) is 0 Å². The van der Waals surface area contributed by atoms with Gasteiger partial charge in [-0.2, -0.15) is 0 Å². The molecule has 2 amide bonds. The summed E-state index contributed by atoms with van der Waals surface area (Å²) < 4.78 is 12.9. The zero-order valence-electron chi connectivity index (χ0n) is 16.1. The van der Waals surface area contributed by atoms with E-state index in [1.807, 2.05) is 39.0 Å². The van der Waals surface area contributed by atoms with E-state index in [-0.39, 0.29) is 23.5 Å². The monoisotopic (exact) mass is 370 g/mol. The number of nitrogens with one attached hydrogen (secondary N) is 2. The molecule has 0 bridgehead atoms. The second-order valence-electron chi connectivity index (χ2n) is 7.14. The molecule has 4 nitrogen and oxygen atoms in total. The minimum atomic E-state index is -0.592. The van der Waals surface area contributed by atoms with E-state index in [9.17, 15) is 14.0 Å². The third kappa shape index (κ3) is 6.51. The third-order valence-electron chi connectivity index (χ3n) is 4.34. The highest BCUT2D eigenvalue weighted by molar-refractivity contribution is 5.98. The lowest BCUT2D eigenvalue weighted by Gasteiger charge is -2.20. The van der Waals surface area contributed by atoms with Crippen LogP contribution >= 0.6 is 0 Å². The van der Waals surface area contributed by atoms with Crippen molar-refractivity contribution >= 4 is 11.8 Å². The summed E-state index contributed by atoms with van der Waals surface area (Å²) in [4.78, 5) is 25.2. The second kappa shape index (κ2) is 9.86. The topological polar surface area (TPSA) is 58.2 Å². The van der Waals surface area contributed by atoms with E-state index in [0.29, 0.717) is 24.9 Å². The van der Waals surface area contributed by atoms with Gasteiger partial charge in [-0.1, -0.05) is 44.2 Å². The number of hydrogen-bond acceptors (Lipinski definition) is 2. The largest absolute Gasteiger partial charge is 0.354 e. The predicted octanol–water partition coefficient (Wildman–Crippen LogP) is 3.64. The number of carbonyl (C=O) groups is 2. The zero-order chi connectivity index (χ0) is 19.8. The van der Waals surface area contributed by atoms with Crippen molar-refractivity contribution in [2.45, 2.75) is 39.7 Å². The van der Waals surface area contributed by atoms with Gasteiger partial charge in [0.2, 0.25) is 5.91 Å². The first-order valence-electron chi connectivity index (χ1n) is 9.25. The Labute approximate surface area is 160 Å². The van der Waals surface area contributed by atoms with Crippen LogP contribution in [0, 0.1) is 18.7 Å². The van der Waals surface area contributed by atoms with Gasteiger partial charge in [0.25, 0.3) is 5.91 Å². The number of aryl methyl sites for hydroxylation is 1. The molecule has 5 heteroatoms. The molecule has 0 aliphatic heterocycles. The number of amides is 2. The first kappa shape index (κ1) is 20.6. The van der Waals surface area contributed by atoms with Crippen LogP contribution in [0.1, 0.15) is 41.8 Å². The maximum atomic E-state index is 12.9. The number of carbonyl (C=O) groups excluding carboxylic acids is 2. The van der Waals surface area contributed by atoms with Crippen LogP contribution < -0.4 is 10.6 Å². The molecule has 27 heavy (non-hydrogen) atoms. The van der Waals surface area contributed by atoms with Crippen molar-refractivity contribution in [2.75, 3.05) is 6.54 Å². The molecule has 0 fully saturated rings. The summed E-state index contributed by atoms with van der Waals surface area (Å²) in [6.07, 6.45) is 1.16. The summed E-state index contributed by atoms with van der Waals surface area (Å²) in [5, 5.41) is 5.74. The Morgan fingerprint density at radius 3 is 2.33 bits per heavy atom. The Hall–Kier alpha value is -2.69. The molecule has 0 spiro atoms. The Bertz CT molecular complexity index is 772. The lowest BCUT2D eigenvalue weighted by molar-refractivity contribution is -0.123. The van der Waals surface area contributed by atoms with Gasteiger partial charge >= 0.3 is 0 Å². The molecule has 1 atom stereocenters. The average molecular weight is 370 g/mol. The van der Waals surface area contributed by atoms with Crippen LogP contribution in [0.25, 0.3) is 0 Å². The Kier molecular flexibility index (Phi) is 7.53. The fraction of sp³-hybridized carbons (Fsp3) is 0.364. The molecule has 0 radical (unpaired) electrons. The van der Waals surface area contributed by atoms with E-state index < -0.39 is 6.04 Å². The molecule has 2 aromatic carbocycles. The molecule has 144 valence electrons. The van der Waals surface area contributed by atoms with Crippen molar-refractivity contribution in [1.82, 2.24) is 10.6 Å². The molecule has 0 aliphatic carbocycles. The minimum Gasteiger partial charge on any atom is -0.354 e. The summed E-state index contributed by atoms with van der Waals surface area (Å²) in [6, 6.07) is 12.9. The van der Waals surface area contributed by atoms with Gasteiger partial charge in [-0.15, -0.1) is 0 Å². The maximum Gasteiger partial charge on any atom is 0.252 e. The fourth-order valence-electron chi connectivity index (χ4n) is 2.87. The van der Waals surface area contributed by atoms with Gasteiger partial charge in [0, 0.05) is 12.1 Å². The Morgan fingerprint density at radius 1 is 1.04 bits per heavy atom. The number of benzene rings is 2. The standard InChI is InChI=1S/C22H27FN2O2/c1-15(2)14-20(25-21(26)19-7-5-4-6-16(19)3)22(27)24-13-12-17-8-10-18(23)11-9-17/h4-11,15,20H,12-14H2,1-3H3,(H,24,27)(H,25,26)/t20-/m1/s1. The molecule has 0 aliphatic rings. The van der Waals surface area contributed by atoms with E-state index in [0.717, 1.165) is 11.1 Å². The van der Waals surface area contributed by atoms with Crippen LogP contribution in [-0.4, -0.2) is 24.4 Å². The van der Waals surface area contributed by atoms with Gasteiger partial charge in [-0.3, -0.25) is 9.59 Å². The van der Waals surface area contributed by atoms with Gasteiger partial charge in [0.15, 0.2) is 0 Å². The van der Waals surface area contributed by atoms with Crippen LogP contribution in [0.2, 0.25) is 0 Å². The molecular formula is C22H27FN2O2. The molecule has 2 rings (SSSR count). The predicted molar refractivity (Wildman–Crippen MR) is 105 cm³/mol. The molecule has 0 saturated heterocycles. The highest BCUT2D eigenvalue weighted by atomic mass is 19.1. The van der Waals surface area contributed by atoms with Gasteiger partial charge in [-0.05, 0) is 55.0 Å². The molecule has 0 saturated carbocycles. The Morgan fingerprint density at radius 2 is 1.70 bits per heavy atom. The zero-order valence-corrected chi connectivity index (χ0v) is 16.1. The maximum absolute atomic E-state index is 12.9. The SMILES string of the molecule is Cc1ccccc1C(=O)N[C@H](CC(C)C)C(=O)NCCc1ccc(F)cc1. The third-order valence-corrected chi connectivity index (χ3v) is 4.34. The van der Waals surface area contributed by atoms with Crippen LogP contribution in [-0.2, 0) is 11.2 Å². The smallest absolute Gasteiger partial charge is 0.252 e. The second-order valence-corrected chi connectivity index (χ2v) is 7.14. The van der Waals surface area contributed by atoms with Crippen LogP contribution in [0.4, 0.5) is 4.39 Å². The lowest BCUT2D eigenvalue weighted by atomic mass is 10.0. The Balaban J connectivity index is 1.95. The quantitative estimate of drug-likeness (QED) is 0.745. The van der Waals surface area contributed by atoms with E-state index in [1.165, 1.54) is 12.1 Å². The average Bonchev–Trinajstić information content (AvgIpc) is 2.62. The molecule has 0 unspecified atom stereocenters. The molecule has 0 heterocycles. The summed E-state index contributed by atoms with van der Waals surface area (Å²) in [5.74, 6) is -0.464. The van der Waals surface area contributed by atoms with Crippen molar-refractivity contribution in [1.29, 1.82) is 0 Å². The van der Waals surface area contributed by atoms with E-state index in [1.54, 1.807) is 18.2 Å². The molecule has 0 aromatic heterocycles. The van der Waals surface area contributed by atoms with E-state index in [2.05, 4.69) is 10.6 Å². The van der Waals surface area contributed by atoms with Gasteiger partial charge in [0.05, 0.1) is 0 Å². The van der Waals surface area contributed by atoms with Gasteiger partial charge in [-0.25, -0.2) is 4.39 Å². The number of rotatable bonds is 8. The van der Waals surface area contributed by atoms with Crippen molar-refractivity contribution in [2.24, 2.45) is 5.92 Å². The number of hydrogen-bond donors (Lipinski definition) is 2. The van der Waals surface area contributed by atoms with Crippen LogP contribution in [0.15, 0.2) is 48.5 Å². The van der Waals surface area contributed by atoms with Crippen LogP contribution in [0.5, 0.6) is 0 Å². The summed E-state index contributed by atoms with van der Waals surface area (Å²) in [7, 11) is 0. The van der Waals surface area contributed by atoms with E-state index >= 15 is 0 Å². The fourth-order valence-corrected chi connectivity index (χ4v) is 2.87. The summed E-state index contributed by atoms with van der Waals surface area (Å²) >= 11 is 0. The van der Waals surface area contributed by atoms with Gasteiger partial charge in [0.1, 0.15) is 11.9 Å². The molecule has 2 N–H and O–H groups in total. The first-order valence-corrected chi connectivity index (χ1v) is 9.25. The van der Waals surface area contributed by atoms with Crippen LogP contribution in [0.3, 0.4) is 0 Å². The highest BCUT2D eigenvalue weighted by Crippen LogP contribution is 2.10. The normalized spacial score (nSPS) is 11.9. The van der Waals surface area contributed by atoms with Crippen molar-refractivity contribution < 1.29 is 14.0 Å². The molecule has 2 aromatic rings.